The predicted molar refractivity (Wildman–Crippen MR) is 75.4 cm³/mol. The van der Waals surface area contributed by atoms with E-state index in [0.29, 0.717) is 18.0 Å². The SMILES string of the molecule is O=C(Nc1ncc(Br)s1)NC1CCCCC1C(=O)O. The first-order chi connectivity index (χ1) is 9.06. The molecule has 19 heavy (non-hydrogen) atoms. The molecule has 2 rings (SSSR count). The molecule has 1 aliphatic carbocycles. The molecule has 2 unspecified atom stereocenters. The number of hydrogen-bond donors (Lipinski definition) is 3. The first-order valence-corrected chi connectivity index (χ1v) is 7.59. The van der Waals surface area contributed by atoms with Gasteiger partial charge in [-0.1, -0.05) is 24.2 Å². The van der Waals surface area contributed by atoms with Crippen LogP contribution in [0.4, 0.5) is 9.93 Å². The summed E-state index contributed by atoms with van der Waals surface area (Å²) in [5, 5.41) is 14.9. The molecule has 6 nitrogen and oxygen atoms in total. The molecular weight excluding hydrogens is 334 g/mol. The van der Waals surface area contributed by atoms with E-state index in [0.717, 1.165) is 16.6 Å². The second kappa shape index (κ2) is 6.33. The van der Waals surface area contributed by atoms with Crippen LogP contribution in [0.5, 0.6) is 0 Å². The van der Waals surface area contributed by atoms with Crippen LogP contribution >= 0.6 is 27.3 Å². The molecule has 0 aliphatic heterocycles. The van der Waals surface area contributed by atoms with Gasteiger partial charge in [0.15, 0.2) is 5.13 Å². The number of carbonyl (C=O) groups is 2. The maximum absolute atomic E-state index is 11.8. The van der Waals surface area contributed by atoms with E-state index < -0.39 is 17.9 Å². The van der Waals surface area contributed by atoms with E-state index in [1.54, 1.807) is 6.20 Å². The van der Waals surface area contributed by atoms with Gasteiger partial charge in [-0.3, -0.25) is 10.1 Å². The molecule has 8 heteroatoms. The normalized spacial score (nSPS) is 22.8. The number of aromatic nitrogens is 1. The van der Waals surface area contributed by atoms with E-state index in [9.17, 15) is 9.59 Å². The Bertz CT molecular complexity index is 480. The highest BCUT2D eigenvalue weighted by Crippen LogP contribution is 2.25. The Hall–Kier alpha value is -1.15. The van der Waals surface area contributed by atoms with Crippen molar-refractivity contribution in [2.45, 2.75) is 31.7 Å². The van der Waals surface area contributed by atoms with Crippen LogP contribution in [0.2, 0.25) is 0 Å². The van der Waals surface area contributed by atoms with Crippen molar-refractivity contribution in [3.8, 4) is 0 Å². The fraction of sp³-hybridized carbons (Fsp3) is 0.545. The quantitative estimate of drug-likeness (QED) is 0.783. The summed E-state index contributed by atoms with van der Waals surface area (Å²) in [6, 6.07) is -0.713. The van der Waals surface area contributed by atoms with E-state index in [-0.39, 0.29) is 6.04 Å². The number of aliphatic carboxylic acids is 1. The highest BCUT2D eigenvalue weighted by Gasteiger charge is 2.31. The fourth-order valence-corrected chi connectivity index (χ4v) is 3.31. The van der Waals surface area contributed by atoms with E-state index in [4.69, 9.17) is 5.11 Å². The van der Waals surface area contributed by atoms with Crippen LogP contribution in [0.1, 0.15) is 25.7 Å². The van der Waals surface area contributed by atoms with Crippen LogP contribution in [0.25, 0.3) is 0 Å². The van der Waals surface area contributed by atoms with Crippen LogP contribution in [0.15, 0.2) is 9.98 Å². The number of rotatable bonds is 3. The smallest absolute Gasteiger partial charge is 0.321 e. The Morgan fingerprint density at radius 3 is 2.79 bits per heavy atom. The Kier molecular flexibility index (Phi) is 4.76. The van der Waals surface area contributed by atoms with Crippen LogP contribution in [-0.2, 0) is 4.79 Å². The molecule has 0 spiro atoms. The molecular formula is C11H14BrN3O3S. The van der Waals surface area contributed by atoms with E-state index >= 15 is 0 Å². The lowest BCUT2D eigenvalue weighted by molar-refractivity contribution is -0.143. The van der Waals surface area contributed by atoms with Gasteiger partial charge in [-0.2, -0.15) is 0 Å². The van der Waals surface area contributed by atoms with Gasteiger partial charge < -0.3 is 10.4 Å². The molecule has 104 valence electrons. The zero-order valence-corrected chi connectivity index (χ0v) is 12.5. The Morgan fingerprint density at radius 2 is 2.16 bits per heavy atom. The number of nitrogens with zero attached hydrogens (tertiary/aromatic N) is 1. The van der Waals surface area contributed by atoms with Crippen molar-refractivity contribution >= 4 is 44.4 Å². The van der Waals surface area contributed by atoms with Gasteiger partial charge in [0.25, 0.3) is 0 Å². The molecule has 0 bridgehead atoms. The molecule has 1 saturated carbocycles. The second-order valence-electron chi connectivity index (χ2n) is 4.40. The molecule has 1 aliphatic rings. The second-order valence-corrected chi connectivity index (χ2v) is 6.81. The summed E-state index contributed by atoms with van der Waals surface area (Å²) >= 11 is 4.56. The van der Waals surface area contributed by atoms with Crippen LogP contribution in [0, 0.1) is 5.92 Å². The van der Waals surface area contributed by atoms with Gasteiger partial charge in [0, 0.05) is 6.04 Å². The number of anilines is 1. The Morgan fingerprint density at radius 1 is 1.42 bits per heavy atom. The summed E-state index contributed by atoms with van der Waals surface area (Å²) in [5.74, 6) is -1.34. The minimum Gasteiger partial charge on any atom is -0.481 e. The van der Waals surface area contributed by atoms with Crippen molar-refractivity contribution in [1.29, 1.82) is 0 Å². The maximum atomic E-state index is 11.8. The number of carbonyl (C=O) groups excluding carboxylic acids is 1. The first kappa shape index (κ1) is 14.3. The molecule has 1 aromatic heterocycles. The lowest BCUT2D eigenvalue weighted by atomic mass is 9.84. The Labute approximate surface area is 122 Å². The summed E-state index contributed by atoms with van der Waals surface area (Å²) < 4.78 is 0.823. The third kappa shape index (κ3) is 3.90. The summed E-state index contributed by atoms with van der Waals surface area (Å²) in [7, 11) is 0. The number of carboxylic acids is 1. The van der Waals surface area contributed by atoms with E-state index in [2.05, 4.69) is 31.5 Å². The minimum atomic E-state index is -0.845. The summed E-state index contributed by atoms with van der Waals surface area (Å²) in [6.07, 6.45) is 4.75. The molecule has 1 aromatic rings. The summed E-state index contributed by atoms with van der Waals surface area (Å²) in [4.78, 5) is 26.9. The maximum Gasteiger partial charge on any atom is 0.321 e. The van der Waals surface area contributed by atoms with Crippen molar-refractivity contribution in [3.63, 3.8) is 0 Å². The zero-order valence-electron chi connectivity index (χ0n) is 10.1. The van der Waals surface area contributed by atoms with Gasteiger partial charge >= 0.3 is 12.0 Å². The number of urea groups is 1. The predicted octanol–water partition coefficient (Wildman–Crippen LogP) is 2.67. The molecule has 3 N–H and O–H groups in total. The lowest BCUT2D eigenvalue weighted by Crippen LogP contribution is -2.46. The number of hydrogen-bond acceptors (Lipinski definition) is 4. The van der Waals surface area contributed by atoms with Crippen LogP contribution < -0.4 is 10.6 Å². The van der Waals surface area contributed by atoms with Crippen LogP contribution in [0.3, 0.4) is 0 Å². The molecule has 0 radical (unpaired) electrons. The van der Waals surface area contributed by atoms with Gasteiger partial charge in [-0.05, 0) is 28.8 Å². The van der Waals surface area contributed by atoms with Crippen molar-refractivity contribution in [1.82, 2.24) is 10.3 Å². The number of nitrogens with one attached hydrogen (secondary N) is 2. The highest BCUT2D eigenvalue weighted by atomic mass is 79.9. The summed E-state index contributed by atoms with van der Waals surface area (Å²) in [5.41, 5.74) is 0. The van der Waals surface area contributed by atoms with Gasteiger partial charge in [-0.15, -0.1) is 0 Å². The number of halogens is 1. The van der Waals surface area contributed by atoms with Crippen LogP contribution in [-0.4, -0.2) is 28.1 Å². The highest BCUT2D eigenvalue weighted by molar-refractivity contribution is 9.11. The minimum absolute atomic E-state index is 0.311. The molecule has 2 amide bonds. The fourth-order valence-electron chi connectivity index (χ4n) is 2.21. The number of thiazole rings is 1. The molecule has 1 heterocycles. The van der Waals surface area contributed by atoms with Crippen molar-refractivity contribution in [3.05, 3.63) is 9.98 Å². The lowest BCUT2D eigenvalue weighted by Gasteiger charge is -2.29. The third-order valence-corrected chi connectivity index (χ3v) is 4.49. The third-order valence-electron chi connectivity index (χ3n) is 3.10. The van der Waals surface area contributed by atoms with Gasteiger partial charge in [0.2, 0.25) is 0 Å². The van der Waals surface area contributed by atoms with Crippen molar-refractivity contribution < 1.29 is 14.7 Å². The molecule has 2 atom stereocenters. The monoisotopic (exact) mass is 347 g/mol. The number of carboxylic acid groups (broad SMARTS) is 1. The largest absolute Gasteiger partial charge is 0.481 e. The van der Waals surface area contributed by atoms with Gasteiger partial charge in [-0.25, -0.2) is 9.78 Å². The topological polar surface area (TPSA) is 91.3 Å². The van der Waals surface area contributed by atoms with E-state index in [1.165, 1.54) is 11.3 Å². The standard InChI is InChI=1S/C11H14BrN3O3S/c12-8-5-13-11(19-8)15-10(18)14-7-4-2-1-3-6(7)9(16)17/h5-7H,1-4H2,(H,16,17)(H2,13,14,15,18). The van der Waals surface area contributed by atoms with E-state index in [1.807, 2.05) is 0 Å². The average Bonchev–Trinajstić information content (AvgIpc) is 2.75. The Balaban J connectivity index is 1.91. The molecule has 0 aromatic carbocycles. The zero-order chi connectivity index (χ0) is 13.8. The van der Waals surface area contributed by atoms with Gasteiger partial charge in [0.05, 0.1) is 15.9 Å². The average molecular weight is 348 g/mol. The molecule has 0 saturated heterocycles. The molecule has 1 fully saturated rings. The number of amides is 2. The summed E-state index contributed by atoms with van der Waals surface area (Å²) in [6.45, 7) is 0. The van der Waals surface area contributed by atoms with Crippen molar-refractivity contribution in [2.75, 3.05) is 5.32 Å². The van der Waals surface area contributed by atoms with Crippen molar-refractivity contribution in [2.24, 2.45) is 5.92 Å². The first-order valence-electron chi connectivity index (χ1n) is 5.98. The van der Waals surface area contributed by atoms with Gasteiger partial charge in [0.1, 0.15) is 0 Å².